The molecule has 0 aliphatic heterocycles. The number of oxime groups is 1. The molecule has 0 bridgehead atoms. The minimum absolute atomic E-state index is 0.00139. The van der Waals surface area contributed by atoms with Crippen LogP contribution >= 0.6 is 0 Å². The van der Waals surface area contributed by atoms with E-state index in [9.17, 15) is 9.59 Å². The Bertz CT molecular complexity index is 863. The van der Waals surface area contributed by atoms with E-state index in [-0.39, 0.29) is 23.5 Å². The number of carbonyl (C=O) groups is 2. The first-order valence-corrected chi connectivity index (χ1v) is 10.4. The summed E-state index contributed by atoms with van der Waals surface area (Å²) in [7, 11) is 1.56. The Morgan fingerprint density at radius 1 is 1.14 bits per heavy atom. The average molecular weight is 399 g/mol. The summed E-state index contributed by atoms with van der Waals surface area (Å²) in [6.45, 7) is 5.20. The van der Waals surface area contributed by atoms with E-state index >= 15 is 0 Å². The molecule has 6 heteroatoms. The summed E-state index contributed by atoms with van der Waals surface area (Å²) in [5.41, 5.74) is 3.19. The first-order chi connectivity index (χ1) is 13.8. The number of nitrogens with zero attached hydrogens (tertiary/aromatic N) is 1. The summed E-state index contributed by atoms with van der Waals surface area (Å²) in [6, 6.07) is 5.86. The molecule has 0 N–H and O–H groups in total. The maximum absolute atomic E-state index is 11.6. The molecule has 3 aliphatic carbocycles. The number of benzene rings is 1. The van der Waals surface area contributed by atoms with Crippen LogP contribution in [0.3, 0.4) is 0 Å². The van der Waals surface area contributed by atoms with E-state index in [2.05, 4.69) is 18.1 Å². The van der Waals surface area contributed by atoms with Crippen LogP contribution in [-0.4, -0.2) is 30.9 Å². The minimum Gasteiger partial charge on any atom is -0.462 e. The zero-order chi connectivity index (χ0) is 20.8. The van der Waals surface area contributed by atoms with E-state index in [0.717, 1.165) is 43.4 Å². The van der Waals surface area contributed by atoms with Gasteiger partial charge in [0.25, 0.3) is 0 Å². The number of esters is 2. The normalized spacial score (nSPS) is 34.0. The molecule has 5 atom stereocenters. The molecule has 0 aromatic heterocycles. The first-order valence-electron chi connectivity index (χ1n) is 10.4. The lowest BCUT2D eigenvalue weighted by atomic mass is 9.55. The van der Waals surface area contributed by atoms with Crippen LogP contribution in [-0.2, 0) is 19.2 Å². The van der Waals surface area contributed by atoms with Crippen molar-refractivity contribution in [1.29, 1.82) is 0 Å². The largest absolute Gasteiger partial charge is 0.462 e. The SMILES string of the molecule is CO/N=C1\CC2C(CCC3(C)C(OC(C)=O)CCC23)c2ccc(OC(C)=O)cc21. The zero-order valence-electron chi connectivity index (χ0n) is 17.6. The molecule has 6 nitrogen and oxygen atoms in total. The summed E-state index contributed by atoms with van der Waals surface area (Å²) in [5.74, 6) is 1.37. The molecule has 1 aromatic carbocycles. The fraction of sp³-hybridized carbons (Fsp3) is 0.609. The molecule has 2 fully saturated rings. The third-order valence-electron chi connectivity index (χ3n) is 7.29. The van der Waals surface area contributed by atoms with Gasteiger partial charge in [-0.2, -0.15) is 0 Å². The number of carbonyl (C=O) groups excluding carboxylic acids is 2. The quantitative estimate of drug-likeness (QED) is 0.432. The summed E-state index contributed by atoms with van der Waals surface area (Å²) >= 11 is 0. The van der Waals surface area contributed by atoms with Gasteiger partial charge >= 0.3 is 11.9 Å². The Labute approximate surface area is 171 Å². The second-order valence-corrected chi connectivity index (χ2v) is 8.86. The molecule has 3 aliphatic rings. The molecule has 0 spiro atoms. The Balaban J connectivity index is 1.69. The summed E-state index contributed by atoms with van der Waals surface area (Å²) in [5, 5.41) is 4.33. The molecule has 0 radical (unpaired) electrons. The van der Waals surface area contributed by atoms with E-state index < -0.39 is 0 Å². The molecule has 156 valence electrons. The van der Waals surface area contributed by atoms with Crippen molar-refractivity contribution in [3.63, 3.8) is 0 Å². The van der Waals surface area contributed by atoms with Gasteiger partial charge in [-0.1, -0.05) is 18.1 Å². The van der Waals surface area contributed by atoms with Crippen LogP contribution in [0.25, 0.3) is 0 Å². The molecule has 0 amide bonds. The lowest BCUT2D eigenvalue weighted by Gasteiger charge is -2.50. The Kier molecular flexibility index (Phi) is 5.13. The number of rotatable bonds is 3. The average Bonchev–Trinajstić information content (AvgIpc) is 2.98. The van der Waals surface area contributed by atoms with E-state index in [4.69, 9.17) is 14.3 Å². The molecule has 5 unspecified atom stereocenters. The van der Waals surface area contributed by atoms with Crippen molar-refractivity contribution in [2.75, 3.05) is 7.11 Å². The number of ether oxygens (including phenoxy) is 2. The van der Waals surface area contributed by atoms with Gasteiger partial charge in [0, 0.05) is 24.8 Å². The molecule has 1 aromatic rings. The Morgan fingerprint density at radius 2 is 1.93 bits per heavy atom. The second-order valence-electron chi connectivity index (χ2n) is 8.86. The lowest BCUT2D eigenvalue weighted by molar-refractivity contribution is -0.154. The summed E-state index contributed by atoms with van der Waals surface area (Å²) < 4.78 is 11.0. The number of hydrogen-bond acceptors (Lipinski definition) is 6. The third-order valence-corrected chi connectivity index (χ3v) is 7.29. The van der Waals surface area contributed by atoms with Gasteiger partial charge in [0.15, 0.2) is 0 Å². The molecule has 29 heavy (non-hydrogen) atoms. The van der Waals surface area contributed by atoms with Crippen molar-refractivity contribution in [2.24, 2.45) is 22.4 Å². The van der Waals surface area contributed by atoms with Crippen LogP contribution in [0, 0.1) is 17.3 Å². The monoisotopic (exact) mass is 399 g/mol. The standard InChI is InChI=1S/C23H29NO5/c1-13(25)28-15-5-6-16-17-9-10-23(3)20(7-8-22(23)29-14(2)26)18(17)12-21(24-27-4)19(16)11-15/h5-6,11,17-18,20,22H,7-10,12H2,1-4H3/b24-21+. The van der Waals surface area contributed by atoms with Crippen LogP contribution in [0.15, 0.2) is 23.4 Å². The maximum Gasteiger partial charge on any atom is 0.308 e. The summed E-state index contributed by atoms with van der Waals surface area (Å²) in [6.07, 6.45) is 4.91. The smallest absolute Gasteiger partial charge is 0.308 e. The number of fused-ring (bicyclic) bond motifs is 5. The highest BCUT2D eigenvalue weighted by Gasteiger charge is 2.56. The van der Waals surface area contributed by atoms with Crippen molar-refractivity contribution >= 4 is 17.7 Å². The van der Waals surface area contributed by atoms with E-state index in [1.54, 1.807) is 7.11 Å². The van der Waals surface area contributed by atoms with Gasteiger partial charge in [-0.3, -0.25) is 9.59 Å². The predicted molar refractivity (Wildman–Crippen MR) is 108 cm³/mol. The van der Waals surface area contributed by atoms with Gasteiger partial charge < -0.3 is 14.3 Å². The van der Waals surface area contributed by atoms with Gasteiger partial charge in [-0.25, -0.2) is 0 Å². The van der Waals surface area contributed by atoms with Crippen LogP contribution in [0.4, 0.5) is 0 Å². The van der Waals surface area contributed by atoms with E-state index in [1.807, 2.05) is 12.1 Å². The molecule has 2 saturated carbocycles. The highest BCUT2D eigenvalue weighted by atomic mass is 16.6. The first kappa shape index (κ1) is 19.9. The van der Waals surface area contributed by atoms with Crippen molar-refractivity contribution in [3.05, 3.63) is 29.3 Å². The molecular weight excluding hydrogens is 370 g/mol. The highest BCUT2D eigenvalue weighted by Crippen LogP contribution is 2.61. The van der Waals surface area contributed by atoms with Crippen molar-refractivity contribution in [3.8, 4) is 5.75 Å². The van der Waals surface area contributed by atoms with E-state index in [1.165, 1.54) is 19.4 Å². The molecule has 0 heterocycles. The third kappa shape index (κ3) is 3.43. The second kappa shape index (κ2) is 7.47. The van der Waals surface area contributed by atoms with Crippen molar-refractivity contribution in [2.45, 2.75) is 64.9 Å². The topological polar surface area (TPSA) is 74.2 Å². The van der Waals surface area contributed by atoms with Gasteiger partial charge in [0.1, 0.15) is 19.0 Å². The van der Waals surface area contributed by atoms with Crippen LogP contribution < -0.4 is 4.74 Å². The van der Waals surface area contributed by atoms with Gasteiger partial charge in [-0.15, -0.1) is 0 Å². The lowest BCUT2D eigenvalue weighted by Crippen LogP contribution is -2.46. The number of hydrogen-bond donors (Lipinski definition) is 0. The fourth-order valence-electron chi connectivity index (χ4n) is 6.17. The van der Waals surface area contributed by atoms with Crippen molar-refractivity contribution < 1.29 is 23.9 Å². The van der Waals surface area contributed by atoms with E-state index in [0.29, 0.717) is 23.5 Å². The van der Waals surface area contributed by atoms with Gasteiger partial charge in [0.05, 0.1) is 5.71 Å². The molecular formula is C23H29NO5. The molecule has 0 saturated heterocycles. The van der Waals surface area contributed by atoms with Gasteiger partial charge in [-0.05, 0) is 67.6 Å². The fourth-order valence-corrected chi connectivity index (χ4v) is 6.17. The van der Waals surface area contributed by atoms with Gasteiger partial charge in [0.2, 0.25) is 0 Å². The maximum atomic E-state index is 11.6. The van der Waals surface area contributed by atoms with Crippen LogP contribution in [0.1, 0.15) is 69.9 Å². The molecule has 4 rings (SSSR count). The zero-order valence-corrected chi connectivity index (χ0v) is 17.6. The minimum atomic E-state index is -0.334. The highest BCUT2D eigenvalue weighted by molar-refractivity contribution is 6.03. The summed E-state index contributed by atoms with van der Waals surface area (Å²) in [4.78, 5) is 28.1. The Hall–Kier alpha value is -2.37. The van der Waals surface area contributed by atoms with Crippen LogP contribution in [0.2, 0.25) is 0 Å². The van der Waals surface area contributed by atoms with Crippen molar-refractivity contribution in [1.82, 2.24) is 0 Å². The predicted octanol–water partition coefficient (Wildman–Crippen LogP) is 4.21. The van der Waals surface area contributed by atoms with Crippen LogP contribution in [0.5, 0.6) is 5.75 Å². The Morgan fingerprint density at radius 3 is 2.62 bits per heavy atom.